The van der Waals surface area contributed by atoms with Crippen LogP contribution in [-0.4, -0.2) is 36.6 Å². The van der Waals surface area contributed by atoms with Gasteiger partial charge in [-0.3, -0.25) is 0 Å². The molecular formula is C42H36O9. The van der Waals surface area contributed by atoms with Crippen LogP contribution in [0.15, 0.2) is 109 Å². The number of aromatic hydroxyl groups is 3. The van der Waals surface area contributed by atoms with Gasteiger partial charge >= 0.3 is 0 Å². The Morgan fingerprint density at radius 2 is 0.549 bits per heavy atom. The molecule has 258 valence electrons. The minimum Gasteiger partial charge on any atom is -0.508 e. The highest BCUT2D eigenvalue weighted by Gasteiger charge is 2.23. The summed E-state index contributed by atoms with van der Waals surface area (Å²) >= 11 is 0. The Bertz CT molecular complexity index is 1920. The van der Waals surface area contributed by atoms with Crippen molar-refractivity contribution in [1.82, 2.24) is 0 Å². The minimum atomic E-state index is 0.145. The summed E-state index contributed by atoms with van der Waals surface area (Å²) in [6, 6.07) is 31.6. The second kappa shape index (κ2) is 14.2. The smallest absolute Gasteiger partial charge is 0.169 e. The van der Waals surface area contributed by atoms with Crippen LogP contribution in [0.2, 0.25) is 0 Å². The van der Waals surface area contributed by atoms with Crippen molar-refractivity contribution < 1.29 is 43.7 Å². The third kappa shape index (κ3) is 7.28. The second-order valence-electron chi connectivity index (χ2n) is 12.1. The summed E-state index contributed by atoms with van der Waals surface area (Å²) in [4.78, 5) is 0. The molecule has 0 bridgehead atoms. The molecule has 0 amide bonds. The maximum Gasteiger partial charge on any atom is 0.169 e. The van der Waals surface area contributed by atoms with E-state index in [9.17, 15) is 15.3 Å². The summed E-state index contributed by atoms with van der Waals surface area (Å²) in [6.45, 7) is 0. The molecule has 1 aliphatic carbocycles. The van der Waals surface area contributed by atoms with Crippen molar-refractivity contribution in [3.05, 3.63) is 143 Å². The molecule has 0 spiro atoms. The molecule has 9 nitrogen and oxygen atoms in total. The largest absolute Gasteiger partial charge is 0.508 e. The fourth-order valence-corrected chi connectivity index (χ4v) is 6.18. The van der Waals surface area contributed by atoms with Crippen molar-refractivity contribution in [1.29, 1.82) is 0 Å². The monoisotopic (exact) mass is 684 g/mol. The summed E-state index contributed by atoms with van der Waals surface area (Å²) in [5, 5.41) is 29.4. The molecule has 0 fully saturated rings. The van der Waals surface area contributed by atoms with Crippen LogP contribution in [0.4, 0.5) is 0 Å². The van der Waals surface area contributed by atoms with Crippen LogP contribution in [0.5, 0.6) is 69.0 Å². The molecule has 0 heterocycles. The molecule has 1 aliphatic rings. The van der Waals surface area contributed by atoms with Crippen LogP contribution in [0.1, 0.15) is 33.4 Å². The van der Waals surface area contributed by atoms with E-state index in [0.29, 0.717) is 71.0 Å². The third-order valence-corrected chi connectivity index (χ3v) is 8.79. The minimum absolute atomic E-state index is 0.145. The van der Waals surface area contributed by atoms with Crippen LogP contribution in [-0.2, 0) is 19.3 Å². The number of hydrogen-bond acceptors (Lipinski definition) is 9. The zero-order valence-electron chi connectivity index (χ0n) is 28.3. The van der Waals surface area contributed by atoms with Crippen molar-refractivity contribution in [3.8, 4) is 69.0 Å². The lowest BCUT2D eigenvalue weighted by Gasteiger charge is -2.18. The highest BCUT2D eigenvalue weighted by molar-refractivity contribution is 5.59. The van der Waals surface area contributed by atoms with Crippen LogP contribution in [0, 0.1) is 0 Å². The molecule has 0 aromatic heterocycles. The first-order valence-corrected chi connectivity index (χ1v) is 16.3. The van der Waals surface area contributed by atoms with E-state index in [2.05, 4.69) is 0 Å². The van der Waals surface area contributed by atoms with Gasteiger partial charge < -0.3 is 43.7 Å². The topological polar surface area (TPSA) is 116 Å². The molecule has 0 saturated heterocycles. The van der Waals surface area contributed by atoms with E-state index in [1.807, 2.05) is 36.4 Å². The summed E-state index contributed by atoms with van der Waals surface area (Å²) in [6.07, 6.45) is 1.66. The number of fused-ring (bicyclic) bond motifs is 3. The Balaban J connectivity index is 1.38. The number of methoxy groups -OCH3 is 3. The van der Waals surface area contributed by atoms with Gasteiger partial charge in [-0.1, -0.05) is 0 Å². The molecule has 6 aromatic carbocycles. The third-order valence-electron chi connectivity index (χ3n) is 8.79. The lowest BCUT2D eigenvalue weighted by molar-refractivity contribution is 0.377. The van der Waals surface area contributed by atoms with Gasteiger partial charge in [-0.25, -0.2) is 0 Å². The lowest BCUT2D eigenvalue weighted by atomic mass is 9.94. The molecule has 7 rings (SSSR count). The van der Waals surface area contributed by atoms with E-state index < -0.39 is 0 Å². The predicted octanol–water partition coefficient (Wildman–Crippen LogP) is 9.29. The lowest BCUT2D eigenvalue weighted by Crippen LogP contribution is -2.02. The molecule has 51 heavy (non-hydrogen) atoms. The van der Waals surface area contributed by atoms with Gasteiger partial charge in [0, 0.05) is 0 Å². The van der Waals surface area contributed by atoms with E-state index in [0.717, 1.165) is 33.4 Å². The molecule has 6 aromatic rings. The zero-order valence-corrected chi connectivity index (χ0v) is 28.3. The van der Waals surface area contributed by atoms with Crippen molar-refractivity contribution >= 4 is 0 Å². The van der Waals surface area contributed by atoms with E-state index in [1.54, 1.807) is 94.1 Å². The molecule has 0 unspecified atom stereocenters. The summed E-state index contributed by atoms with van der Waals surface area (Å²) in [5.41, 5.74) is 6.15. The Morgan fingerprint density at radius 1 is 0.333 bits per heavy atom. The van der Waals surface area contributed by atoms with Crippen LogP contribution in [0.3, 0.4) is 0 Å². The van der Waals surface area contributed by atoms with E-state index in [4.69, 9.17) is 28.4 Å². The van der Waals surface area contributed by atoms with Crippen molar-refractivity contribution in [2.45, 2.75) is 19.3 Å². The van der Waals surface area contributed by atoms with E-state index in [-0.39, 0.29) is 17.2 Å². The highest BCUT2D eigenvalue weighted by atomic mass is 16.5. The fourth-order valence-electron chi connectivity index (χ4n) is 6.18. The average molecular weight is 685 g/mol. The summed E-state index contributed by atoms with van der Waals surface area (Å²) in [7, 11) is 4.83. The molecule has 0 atom stereocenters. The SMILES string of the molecule is COc1cc2c(cc1Oc1ccc(O)cc1)Cc1cc(OC)c(Oc3ccc(O)cc3)cc1Cc1cc(OC)c(Oc3ccc(O)cc3)cc1C2. The highest BCUT2D eigenvalue weighted by Crippen LogP contribution is 2.43. The average Bonchev–Trinajstić information content (AvgIpc) is 3.19. The van der Waals surface area contributed by atoms with Gasteiger partial charge in [0.15, 0.2) is 34.5 Å². The number of ether oxygens (including phenoxy) is 6. The number of rotatable bonds is 9. The zero-order chi connectivity index (χ0) is 35.5. The first-order valence-electron chi connectivity index (χ1n) is 16.3. The summed E-state index contributed by atoms with van der Waals surface area (Å²) in [5.74, 6) is 5.40. The standard InChI is InChI=1S/C42H36O9/c1-46-37-19-25-16-29-23-41(50-35-12-6-32(44)7-13-35)39(48-3)21-27(29)18-30-24-42(51-36-14-8-33(45)9-15-36)38(47-2)20-26(30)17-28(25)22-40(37)49-34-10-4-31(43)5-11-34/h4-15,19-24,43-45H,16-18H2,1-3H3. The molecule has 0 aliphatic heterocycles. The van der Waals surface area contributed by atoms with Gasteiger partial charge in [-0.2, -0.15) is 0 Å². The molecule has 0 saturated carbocycles. The van der Waals surface area contributed by atoms with Gasteiger partial charge in [0.05, 0.1) is 21.3 Å². The van der Waals surface area contributed by atoms with Gasteiger partial charge in [-0.15, -0.1) is 0 Å². The maximum absolute atomic E-state index is 9.80. The van der Waals surface area contributed by atoms with Crippen LogP contribution in [0.25, 0.3) is 0 Å². The Morgan fingerprint density at radius 3 is 0.765 bits per heavy atom. The maximum atomic E-state index is 9.80. The fraction of sp³-hybridized carbons (Fsp3) is 0.143. The molecular weight excluding hydrogens is 648 g/mol. The number of phenolic OH excluding ortho intramolecular Hbond substituents is 3. The van der Waals surface area contributed by atoms with Crippen molar-refractivity contribution in [2.75, 3.05) is 21.3 Å². The van der Waals surface area contributed by atoms with Gasteiger partial charge in [0.2, 0.25) is 0 Å². The first-order chi connectivity index (χ1) is 24.8. The van der Waals surface area contributed by atoms with Gasteiger partial charge in [0.1, 0.15) is 34.5 Å². The molecule has 3 N–H and O–H groups in total. The Kier molecular flexibility index (Phi) is 9.18. The number of benzene rings is 6. The predicted molar refractivity (Wildman–Crippen MR) is 192 cm³/mol. The number of hydrogen-bond donors (Lipinski definition) is 3. The van der Waals surface area contributed by atoms with Gasteiger partial charge in [-0.05, 0) is 162 Å². The Hall–Kier alpha value is -6.48. The molecule has 0 radical (unpaired) electrons. The first kappa shape index (κ1) is 33.0. The van der Waals surface area contributed by atoms with E-state index in [1.165, 1.54) is 0 Å². The van der Waals surface area contributed by atoms with Crippen molar-refractivity contribution in [2.24, 2.45) is 0 Å². The van der Waals surface area contributed by atoms with Gasteiger partial charge in [0.25, 0.3) is 0 Å². The number of phenols is 3. The van der Waals surface area contributed by atoms with Crippen LogP contribution < -0.4 is 28.4 Å². The van der Waals surface area contributed by atoms with E-state index >= 15 is 0 Å². The second-order valence-corrected chi connectivity index (χ2v) is 12.1. The van der Waals surface area contributed by atoms with Crippen molar-refractivity contribution in [3.63, 3.8) is 0 Å². The van der Waals surface area contributed by atoms with Crippen LogP contribution >= 0.6 is 0 Å². The Labute approximate surface area is 295 Å². The summed E-state index contributed by atoms with van der Waals surface area (Å²) < 4.78 is 36.4. The normalized spacial score (nSPS) is 11.8. The molecule has 9 heteroatoms. The quantitative estimate of drug-likeness (QED) is 0.137.